The lowest BCUT2D eigenvalue weighted by Crippen LogP contribution is -2.11. The van der Waals surface area contributed by atoms with Crippen LogP contribution in [0.25, 0.3) is 10.8 Å². The van der Waals surface area contributed by atoms with Crippen molar-refractivity contribution in [3.8, 4) is 0 Å². The molecule has 0 amide bonds. The first-order valence-corrected chi connectivity index (χ1v) is 7.54. The summed E-state index contributed by atoms with van der Waals surface area (Å²) in [5.74, 6) is 0.182. The van der Waals surface area contributed by atoms with Gasteiger partial charge in [0.05, 0.1) is 0 Å². The SMILES string of the molecule is CC(C)c1ccc2ccnc(C(=O)/C=C(\O)C(C)(C)C)c2c1. The van der Waals surface area contributed by atoms with E-state index in [1.165, 1.54) is 11.6 Å². The normalized spacial score (nSPS) is 12.9. The maximum Gasteiger partial charge on any atom is 0.208 e. The van der Waals surface area contributed by atoms with Crippen LogP contribution in [-0.4, -0.2) is 15.9 Å². The molecule has 0 fully saturated rings. The van der Waals surface area contributed by atoms with Gasteiger partial charge in [0.1, 0.15) is 11.5 Å². The Balaban J connectivity index is 2.55. The van der Waals surface area contributed by atoms with Crippen molar-refractivity contribution in [3.63, 3.8) is 0 Å². The highest BCUT2D eigenvalue weighted by molar-refractivity contribution is 6.12. The fourth-order valence-electron chi connectivity index (χ4n) is 2.15. The lowest BCUT2D eigenvalue weighted by Gasteiger charge is -2.16. The molecule has 0 spiro atoms. The average Bonchev–Trinajstić information content (AvgIpc) is 2.44. The summed E-state index contributed by atoms with van der Waals surface area (Å²) >= 11 is 0. The van der Waals surface area contributed by atoms with Gasteiger partial charge in [-0.1, -0.05) is 46.8 Å². The molecule has 2 aromatic rings. The Kier molecular flexibility index (Phi) is 4.36. The molecule has 1 aromatic heterocycles. The highest BCUT2D eigenvalue weighted by Gasteiger charge is 2.19. The number of aliphatic hydroxyl groups is 1. The molecule has 0 atom stereocenters. The second-order valence-corrected chi connectivity index (χ2v) is 6.94. The second kappa shape index (κ2) is 5.91. The van der Waals surface area contributed by atoms with Crippen LogP contribution in [0.2, 0.25) is 0 Å². The molecule has 3 heteroatoms. The van der Waals surface area contributed by atoms with E-state index in [1.54, 1.807) is 6.20 Å². The molecule has 116 valence electrons. The third kappa shape index (κ3) is 3.35. The standard InChI is InChI=1S/C19H23NO2/c1-12(2)14-7-6-13-8-9-20-18(15(13)10-14)16(21)11-17(22)19(3,4)5/h6-12,22H,1-5H3/b17-11-. The Hall–Kier alpha value is -2.16. The van der Waals surface area contributed by atoms with Gasteiger partial charge in [0.25, 0.3) is 0 Å². The van der Waals surface area contributed by atoms with E-state index in [9.17, 15) is 9.90 Å². The van der Waals surface area contributed by atoms with Crippen LogP contribution in [0.4, 0.5) is 0 Å². The fourth-order valence-corrected chi connectivity index (χ4v) is 2.15. The summed E-state index contributed by atoms with van der Waals surface area (Å²) in [6.45, 7) is 9.81. The predicted molar refractivity (Wildman–Crippen MR) is 90.3 cm³/mol. The Morgan fingerprint density at radius 3 is 2.50 bits per heavy atom. The first-order chi connectivity index (χ1) is 10.2. The van der Waals surface area contributed by atoms with Crippen LogP contribution < -0.4 is 0 Å². The van der Waals surface area contributed by atoms with Gasteiger partial charge in [-0.05, 0) is 29.0 Å². The number of rotatable bonds is 3. The van der Waals surface area contributed by atoms with Gasteiger partial charge in [0.2, 0.25) is 5.78 Å². The quantitative estimate of drug-likeness (QED) is 0.491. The largest absolute Gasteiger partial charge is 0.512 e. The van der Waals surface area contributed by atoms with Crippen LogP contribution in [0, 0.1) is 5.41 Å². The van der Waals surface area contributed by atoms with Crippen molar-refractivity contribution in [1.29, 1.82) is 0 Å². The van der Waals surface area contributed by atoms with E-state index < -0.39 is 5.41 Å². The Labute approximate surface area is 131 Å². The van der Waals surface area contributed by atoms with E-state index in [0.29, 0.717) is 11.6 Å². The van der Waals surface area contributed by atoms with E-state index in [1.807, 2.05) is 39.0 Å². The van der Waals surface area contributed by atoms with Crippen molar-refractivity contribution in [1.82, 2.24) is 4.98 Å². The maximum atomic E-state index is 12.5. The summed E-state index contributed by atoms with van der Waals surface area (Å²) in [6, 6.07) is 7.99. The summed E-state index contributed by atoms with van der Waals surface area (Å²) in [6.07, 6.45) is 2.91. The van der Waals surface area contributed by atoms with Gasteiger partial charge >= 0.3 is 0 Å². The van der Waals surface area contributed by atoms with E-state index >= 15 is 0 Å². The zero-order valence-corrected chi connectivity index (χ0v) is 13.8. The summed E-state index contributed by atoms with van der Waals surface area (Å²) < 4.78 is 0. The molecule has 0 radical (unpaired) electrons. The monoisotopic (exact) mass is 297 g/mol. The molecule has 3 nitrogen and oxygen atoms in total. The summed E-state index contributed by atoms with van der Waals surface area (Å²) in [5.41, 5.74) is 1.10. The number of benzene rings is 1. The third-order valence-corrected chi connectivity index (χ3v) is 3.73. The summed E-state index contributed by atoms with van der Waals surface area (Å²) in [5, 5.41) is 11.9. The molecular weight excluding hydrogens is 274 g/mol. The minimum Gasteiger partial charge on any atom is -0.512 e. The molecule has 0 bridgehead atoms. The number of hydrogen-bond acceptors (Lipinski definition) is 3. The first kappa shape index (κ1) is 16.2. The number of pyridine rings is 1. The van der Waals surface area contributed by atoms with Gasteiger partial charge < -0.3 is 5.11 Å². The molecule has 0 aliphatic rings. The molecule has 22 heavy (non-hydrogen) atoms. The molecule has 0 aliphatic heterocycles. The number of carbonyl (C=O) groups is 1. The van der Waals surface area contributed by atoms with Gasteiger partial charge in [-0.2, -0.15) is 0 Å². The Bertz CT molecular complexity index is 737. The van der Waals surface area contributed by atoms with E-state index in [2.05, 4.69) is 24.9 Å². The van der Waals surface area contributed by atoms with Crippen molar-refractivity contribution in [2.45, 2.75) is 40.5 Å². The number of aliphatic hydroxyl groups excluding tert-OH is 1. The third-order valence-electron chi connectivity index (χ3n) is 3.73. The molecule has 0 unspecified atom stereocenters. The number of allylic oxidation sites excluding steroid dienone is 2. The van der Waals surface area contributed by atoms with Crippen LogP contribution in [0.5, 0.6) is 0 Å². The first-order valence-electron chi connectivity index (χ1n) is 7.54. The van der Waals surface area contributed by atoms with Gasteiger partial charge in [0.15, 0.2) is 0 Å². The van der Waals surface area contributed by atoms with Crippen LogP contribution in [-0.2, 0) is 0 Å². The van der Waals surface area contributed by atoms with Gasteiger partial charge in [-0.3, -0.25) is 9.78 Å². The number of fused-ring (bicyclic) bond motifs is 1. The number of nitrogens with zero attached hydrogens (tertiary/aromatic N) is 1. The smallest absolute Gasteiger partial charge is 0.208 e. The molecule has 2 rings (SSSR count). The number of hydrogen-bond donors (Lipinski definition) is 1. The lowest BCUT2D eigenvalue weighted by molar-refractivity contribution is 0.103. The zero-order chi connectivity index (χ0) is 16.5. The van der Waals surface area contributed by atoms with E-state index in [4.69, 9.17) is 0 Å². The van der Waals surface area contributed by atoms with Crippen LogP contribution in [0.15, 0.2) is 42.3 Å². The lowest BCUT2D eigenvalue weighted by atomic mass is 9.92. The van der Waals surface area contributed by atoms with Crippen molar-refractivity contribution in [2.75, 3.05) is 0 Å². The molecule has 0 aliphatic carbocycles. The molecular formula is C19H23NO2. The van der Waals surface area contributed by atoms with Crippen LogP contribution >= 0.6 is 0 Å². The minimum atomic E-state index is -0.455. The van der Waals surface area contributed by atoms with Gasteiger partial charge in [-0.15, -0.1) is 0 Å². The van der Waals surface area contributed by atoms with Crippen molar-refractivity contribution in [2.24, 2.45) is 5.41 Å². The number of carbonyl (C=O) groups excluding carboxylic acids is 1. The minimum absolute atomic E-state index is 0.0660. The van der Waals surface area contributed by atoms with E-state index in [0.717, 1.165) is 10.8 Å². The molecule has 1 N–H and O–H groups in total. The Morgan fingerprint density at radius 1 is 1.23 bits per heavy atom. The van der Waals surface area contributed by atoms with Crippen LogP contribution in [0.1, 0.15) is 56.6 Å². The van der Waals surface area contributed by atoms with Gasteiger partial charge in [-0.25, -0.2) is 0 Å². The highest BCUT2D eigenvalue weighted by atomic mass is 16.3. The van der Waals surface area contributed by atoms with Crippen molar-refractivity contribution in [3.05, 3.63) is 53.6 Å². The summed E-state index contributed by atoms with van der Waals surface area (Å²) in [4.78, 5) is 16.7. The highest BCUT2D eigenvalue weighted by Crippen LogP contribution is 2.26. The number of aromatic nitrogens is 1. The molecule has 0 saturated carbocycles. The van der Waals surface area contributed by atoms with E-state index in [-0.39, 0.29) is 11.5 Å². The molecule has 1 heterocycles. The fraction of sp³-hybridized carbons (Fsp3) is 0.368. The molecule has 0 saturated heterocycles. The number of ketones is 1. The zero-order valence-electron chi connectivity index (χ0n) is 13.8. The van der Waals surface area contributed by atoms with Crippen LogP contribution in [0.3, 0.4) is 0 Å². The molecule has 1 aromatic carbocycles. The summed E-state index contributed by atoms with van der Waals surface area (Å²) in [7, 11) is 0. The average molecular weight is 297 g/mol. The predicted octanol–water partition coefficient (Wildman–Crippen LogP) is 5.03. The van der Waals surface area contributed by atoms with Crippen molar-refractivity contribution >= 4 is 16.6 Å². The Morgan fingerprint density at radius 2 is 1.91 bits per heavy atom. The van der Waals surface area contributed by atoms with Gasteiger partial charge in [0, 0.05) is 23.1 Å². The van der Waals surface area contributed by atoms with Crippen molar-refractivity contribution < 1.29 is 9.90 Å². The second-order valence-electron chi connectivity index (χ2n) is 6.94. The topological polar surface area (TPSA) is 50.2 Å². The maximum absolute atomic E-state index is 12.5.